The molecule has 24 heavy (non-hydrogen) atoms. The van der Waals surface area contributed by atoms with Crippen molar-refractivity contribution >= 4 is 38.5 Å². The van der Waals surface area contributed by atoms with Gasteiger partial charge in [-0.2, -0.15) is 0 Å². The second kappa shape index (κ2) is 7.01. The molecule has 0 saturated carbocycles. The van der Waals surface area contributed by atoms with Crippen LogP contribution in [0.5, 0.6) is 5.75 Å². The average Bonchev–Trinajstić information content (AvgIpc) is 2.84. The Balaban J connectivity index is 2.02. The fourth-order valence-electron chi connectivity index (χ4n) is 1.65. The SMILES string of the molecule is CC(N)C(=O)NCC(=O)Nc1nc2ccc(OC(F)(F)F)cc2s1. The van der Waals surface area contributed by atoms with E-state index in [0.717, 1.165) is 17.4 Å². The number of amides is 2. The smallest absolute Gasteiger partial charge is 0.406 e. The molecular weight excluding hydrogens is 349 g/mol. The predicted octanol–water partition coefficient (Wildman–Crippen LogP) is 1.60. The number of aromatic nitrogens is 1. The van der Waals surface area contributed by atoms with E-state index in [1.165, 1.54) is 19.1 Å². The molecule has 0 saturated heterocycles. The topological polar surface area (TPSA) is 106 Å². The van der Waals surface area contributed by atoms with Gasteiger partial charge in [0.15, 0.2) is 5.13 Å². The number of hydrogen-bond acceptors (Lipinski definition) is 6. The van der Waals surface area contributed by atoms with Gasteiger partial charge in [-0.15, -0.1) is 13.2 Å². The van der Waals surface area contributed by atoms with Crippen molar-refractivity contribution in [3.05, 3.63) is 18.2 Å². The van der Waals surface area contributed by atoms with Crippen LogP contribution in [0, 0.1) is 0 Å². The summed E-state index contributed by atoms with van der Waals surface area (Å²) in [7, 11) is 0. The van der Waals surface area contributed by atoms with Gasteiger partial charge in [0.1, 0.15) is 5.75 Å². The Labute approximate surface area is 138 Å². The van der Waals surface area contributed by atoms with E-state index < -0.39 is 24.2 Å². The monoisotopic (exact) mass is 362 g/mol. The summed E-state index contributed by atoms with van der Waals surface area (Å²) in [6, 6.07) is 2.91. The number of carbonyl (C=O) groups excluding carboxylic acids is 2. The Bertz CT molecular complexity index is 760. The number of nitrogens with two attached hydrogens (primary N) is 1. The molecule has 0 aliphatic carbocycles. The van der Waals surface area contributed by atoms with E-state index in [0.29, 0.717) is 10.2 Å². The van der Waals surface area contributed by atoms with E-state index in [9.17, 15) is 22.8 Å². The third-order valence-corrected chi connectivity index (χ3v) is 3.61. The first-order valence-electron chi connectivity index (χ1n) is 6.63. The molecule has 2 aromatic rings. The van der Waals surface area contributed by atoms with Crippen LogP contribution in [-0.4, -0.2) is 35.7 Å². The van der Waals surface area contributed by atoms with Crippen molar-refractivity contribution in [3.8, 4) is 5.75 Å². The minimum Gasteiger partial charge on any atom is -0.406 e. The Morgan fingerprint density at radius 1 is 1.42 bits per heavy atom. The molecule has 11 heteroatoms. The van der Waals surface area contributed by atoms with E-state index in [1.54, 1.807) is 0 Å². The zero-order chi connectivity index (χ0) is 17.9. The highest BCUT2D eigenvalue weighted by molar-refractivity contribution is 7.22. The minimum absolute atomic E-state index is 0.189. The minimum atomic E-state index is -4.78. The van der Waals surface area contributed by atoms with Crippen molar-refractivity contribution in [3.63, 3.8) is 0 Å². The maximum atomic E-state index is 12.2. The molecule has 0 bridgehead atoms. The molecule has 0 radical (unpaired) electrons. The number of halogens is 3. The van der Waals surface area contributed by atoms with Crippen LogP contribution >= 0.6 is 11.3 Å². The predicted molar refractivity (Wildman–Crippen MR) is 81.6 cm³/mol. The Kier molecular flexibility index (Phi) is 5.24. The van der Waals surface area contributed by atoms with Crippen LogP contribution in [0.1, 0.15) is 6.92 Å². The lowest BCUT2D eigenvalue weighted by Crippen LogP contribution is -2.41. The first kappa shape index (κ1) is 17.9. The van der Waals surface area contributed by atoms with Gasteiger partial charge in [-0.25, -0.2) is 4.98 Å². The van der Waals surface area contributed by atoms with Gasteiger partial charge >= 0.3 is 6.36 Å². The van der Waals surface area contributed by atoms with E-state index in [-0.39, 0.29) is 17.4 Å². The van der Waals surface area contributed by atoms with E-state index in [4.69, 9.17) is 5.73 Å². The maximum Gasteiger partial charge on any atom is 0.573 e. The van der Waals surface area contributed by atoms with E-state index in [2.05, 4.69) is 20.4 Å². The van der Waals surface area contributed by atoms with Crippen LogP contribution in [0.15, 0.2) is 18.2 Å². The second-order valence-electron chi connectivity index (χ2n) is 4.75. The molecule has 1 unspecified atom stereocenters. The van der Waals surface area contributed by atoms with Gasteiger partial charge in [0, 0.05) is 6.07 Å². The quantitative estimate of drug-likeness (QED) is 0.749. The third-order valence-electron chi connectivity index (χ3n) is 2.68. The summed E-state index contributed by atoms with van der Waals surface area (Å²) in [5.41, 5.74) is 5.74. The number of alkyl halides is 3. The van der Waals surface area contributed by atoms with Crippen molar-refractivity contribution in [2.24, 2.45) is 5.73 Å². The van der Waals surface area contributed by atoms with Gasteiger partial charge < -0.3 is 21.1 Å². The maximum absolute atomic E-state index is 12.2. The number of ether oxygens (including phenoxy) is 1. The van der Waals surface area contributed by atoms with Gasteiger partial charge in [-0.3, -0.25) is 9.59 Å². The number of thiazole rings is 1. The molecule has 2 amide bonds. The number of carbonyl (C=O) groups is 2. The lowest BCUT2D eigenvalue weighted by Gasteiger charge is -2.07. The van der Waals surface area contributed by atoms with Crippen LogP contribution < -0.4 is 21.1 Å². The van der Waals surface area contributed by atoms with Crippen LogP contribution in [0.2, 0.25) is 0 Å². The molecule has 0 spiro atoms. The molecule has 1 aromatic carbocycles. The van der Waals surface area contributed by atoms with E-state index >= 15 is 0 Å². The highest BCUT2D eigenvalue weighted by Crippen LogP contribution is 2.31. The fourth-order valence-corrected chi connectivity index (χ4v) is 2.56. The number of rotatable bonds is 5. The van der Waals surface area contributed by atoms with Gasteiger partial charge in [-0.1, -0.05) is 11.3 Å². The highest BCUT2D eigenvalue weighted by atomic mass is 32.1. The summed E-state index contributed by atoms with van der Waals surface area (Å²) < 4.78 is 40.8. The summed E-state index contributed by atoms with van der Waals surface area (Å²) >= 11 is 0.979. The summed E-state index contributed by atoms with van der Waals surface area (Å²) in [6.07, 6.45) is -4.78. The summed E-state index contributed by atoms with van der Waals surface area (Å²) in [5, 5.41) is 4.96. The number of nitrogens with one attached hydrogen (secondary N) is 2. The molecule has 1 heterocycles. The number of fused-ring (bicyclic) bond motifs is 1. The van der Waals surface area contributed by atoms with Crippen molar-refractivity contribution in [2.45, 2.75) is 19.3 Å². The first-order valence-corrected chi connectivity index (χ1v) is 7.45. The number of anilines is 1. The van der Waals surface area contributed by atoms with Crippen molar-refractivity contribution in [1.82, 2.24) is 10.3 Å². The molecule has 4 N–H and O–H groups in total. The van der Waals surface area contributed by atoms with Crippen LogP contribution in [0.4, 0.5) is 18.3 Å². The molecule has 1 aromatic heterocycles. The first-order chi connectivity index (χ1) is 11.1. The Hall–Kier alpha value is -2.40. The number of hydrogen-bond donors (Lipinski definition) is 3. The molecule has 0 fully saturated rings. The average molecular weight is 362 g/mol. The largest absolute Gasteiger partial charge is 0.573 e. The molecule has 7 nitrogen and oxygen atoms in total. The third kappa shape index (κ3) is 5.06. The zero-order valence-corrected chi connectivity index (χ0v) is 13.1. The van der Waals surface area contributed by atoms with Gasteiger partial charge in [0.05, 0.1) is 22.8 Å². The summed E-state index contributed by atoms with van der Waals surface area (Å²) in [6.45, 7) is 1.18. The van der Waals surface area contributed by atoms with Crippen LogP contribution in [0.3, 0.4) is 0 Å². The normalized spacial score (nSPS) is 12.7. The molecule has 0 aliphatic heterocycles. The zero-order valence-electron chi connectivity index (χ0n) is 12.3. The number of nitrogens with zero attached hydrogens (tertiary/aromatic N) is 1. The highest BCUT2D eigenvalue weighted by Gasteiger charge is 2.31. The van der Waals surface area contributed by atoms with Crippen molar-refractivity contribution in [1.29, 1.82) is 0 Å². The van der Waals surface area contributed by atoms with Crippen LogP contribution in [0.25, 0.3) is 10.2 Å². The molecular formula is C13H13F3N4O3S. The standard InChI is InChI=1S/C13H13F3N4O3S/c1-6(17)11(22)18-5-10(21)20-12-19-8-3-2-7(4-9(8)24-12)23-13(14,15)16/h2-4,6H,5,17H2,1H3,(H,18,22)(H,19,20,21). The van der Waals surface area contributed by atoms with E-state index in [1.807, 2.05) is 0 Å². The van der Waals surface area contributed by atoms with Gasteiger partial charge in [0.25, 0.3) is 0 Å². The van der Waals surface area contributed by atoms with Crippen LogP contribution in [-0.2, 0) is 9.59 Å². The van der Waals surface area contributed by atoms with Crippen molar-refractivity contribution in [2.75, 3.05) is 11.9 Å². The van der Waals surface area contributed by atoms with Crippen molar-refractivity contribution < 1.29 is 27.5 Å². The molecule has 2 rings (SSSR count). The van der Waals surface area contributed by atoms with Gasteiger partial charge in [-0.05, 0) is 19.1 Å². The lowest BCUT2D eigenvalue weighted by molar-refractivity contribution is -0.274. The summed E-state index contributed by atoms with van der Waals surface area (Å²) in [5.74, 6) is -1.39. The number of benzene rings is 1. The summed E-state index contributed by atoms with van der Waals surface area (Å²) in [4.78, 5) is 27.0. The Morgan fingerprint density at radius 3 is 2.75 bits per heavy atom. The fraction of sp³-hybridized carbons (Fsp3) is 0.308. The molecule has 0 aliphatic rings. The van der Waals surface area contributed by atoms with Gasteiger partial charge in [0.2, 0.25) is 11.8 Å². The molecule has 130 valence electrons. The lowest BCUT2D eigenvalue weighted by atomic mass is 10.3. The Morgan fingerprint density at radius 2 is 2.12 bits per heavy atom. The molecule has 1 atom stereocenters. The second-order valence-corrected chi connectivity index (χ2v) is 5.78.